The van der Waals surface area contributed by atoms with Gasteiger partial charge in [-0.2, -0.15) is 0 Å². The van der Waals surface area contributed by atoms with E-state index >= 15 is 0 Å². The van der Waals surface area contributed by atoms with Crippen LogP contribution in [0.5, 0.6) is 0 Å². The second kappa shape index (κ2) is 6.51. The number of allylic oxidation sites excluding steroid dienone is 1. The molecule has 0 spiro atoms. The quantitative estimate of drug-likeness (QED) is 0.596. The first-order chi connectivity index (χ1) is 9.11. The lowest BCUT2D eigenvalue weighted by atomic mass is 9.92. The normalized spacial score (nSPS) is 33.4. The molecule has 19 heavy (non-hydrogen) atoms. The van der Waals surface area contributed by atoms with Gasteiger partial charge in [-0.15, -0.1) is 0 Å². The summed E-state index contributed by atoms with van der Waals surface area (Å²) in [5.74, 6) is 0.342. The molecule has 2 fully saturated rings. The molecule has 0 amide bonds. The van der Waals surface area contributed by atoms with Crippen LogP contribution in [0.15, 0.2) is 12.2 Å². The van der Waals surface area contributed by atoms with Crippen LogP contribution in [0.4, 0.5) is 4.39 Å². The highest BCUT2D eigenvalue weighted by atomic mass is 19.1. The Morgan fingerprint density at radius 1 is 1.53 bits per heavy atom. The zero-order chi connectivity index (χ0) is 13.8. The van der Waals surface area contributed by atoms with Gasteiger partial charge in [0.15, 0.2) is 0 Å². The first-order valence-corrected chi connectivity index (χ1v) is 7.31. The summed E-state index contributed by atoms with van der Waals surface area (Å²) in [6.45, 7) is 2.00. The molecule has 1 aliphatic heterocycles. The van der Waals surface area contributed by atoms with E-state index in [1.807, 2.05) is 13.0 Å². The number of esters is 1. The van der Waals surface area contributed by atoms with Crippen molar-refractivity contribution < 1.29 is 19.0 Å². The minimum Gasteiger partial charge on any atom is -0.462 e. The van der Waals surface area contributed by atoms with Gasteiger partial charge in [-0.25, -0.2) is 4.39 Å². The van der Waals surface area contributed by atoms with Crippen LogP contribution in [0.25, 0.3) is 0 Å². The number of carbonyl (C=O) groups excluding carboxylic acids is 1. The average molecular weight is 270 g/mol. The fourth-order valence-electron chi connectivity index (χ4n) is 3.09. The number of unbranched alkanes of at least 4 members (excludes halogenated alkanes) is 1. The first-order valence-electron chi connectivity index (χ1n) is 7.31. The molecule has 1 saturated heterocycles. The lowest BCUT2D eigenvalue weighted by Gasteiger charge is -2.14. The number of hydrogen-bond acceptors (Lipinski definition) is 3. The highest BCUT2D eigenvalue weighted by Crippen LogP contribution is 2.41. The zero-order valence-electron chi connectivity index (χ0n) is 11.4. The lowest BCUT2D eigenvalue weighted by Crippen LogP contribution is -2.20. The third-order valence-corrected chi connectivity index (χ3v) is 4.26. The highest BCUT2D eigenvalue weighted by molar-refractivity contribution is 5.72. The van der Waals surface area contributed by atoms with Gasteiger partial charge in [0.25, 0.3) is 0 Å². The van der Waals surface area contributed by atoms with Crippen molar-refractivity contribution in [2.45, 2.75) is 63.8 Å². The van der Waals surface area contributed by atoms with E-state index in [1.165, 1.54) is 0 Å². The van der Waals surface area contributed by atoms with E-state index in [1.54, 1.807) is 6.08 Å². The Bertz CT molecular complexity index is 342. The number of alkyl halides is 1. The van der Waals surface area contributed by atoms with E-state index in [0.717, 1.165) is 25.7 Å². The average Bonchev–Trinajstić information content (AvgIpc) is 2.92. The molecule has 3 nitrogen and oxygen atoms in total. The van der Waals surface area contributed by atoms with Gasteiger partial charge < -0.3 is 9.84 Å². The van der Waals surface area contributed by atoms with Gasteiger partial charge in [0.2, 0.25) is 0 Å². The number of fused-ring (bicyclic) bond motifs is 1. The van der Waals surface area contributed by atoms with Crippen LogP contribution in [0.2, 0.25) is 0 Å². The number of carbonyl (C=O) groups is 1. The van der Waals surface area contributed by atoms with Gasteiger partial charge in [0.1, 0.15) is 18.4 Å². The molecule has 4 heteroatoms. The second-order valence-corrected chi connectivity index (χ2v) is 5.67. The zero-order valence-corrected chi connectivity index (χ0v) is 11.4. The molecular weight excluding hydrogens is 247 g/mol. The third kappa shape index (κ3) is 3.56. The third-order valence-electron chi connectivity index (χ3n) is 4.26. The van der Waals surface area contributed by atoms with Crippen LogP contribution in [-0.4, -0.2) is 29.5 Å². The Morgan fingerprint density at radius 3 is 3.05 bits per heavy atom. The monoisotopic (exact) mass is 270 g/mol. The Labute approximate surface area is 113 Å². The first kappa shape index (κ1) is 14.5. The standard InChI is InChI=1S/C15H23FO3/c1-2-3-4-12(16)13(17)7-5-10-6-8-14-11(10)9-15(18)19-14/h5,7,10-14,17H,2-4,6,8-9H2,1H3/b7-5+. The minimum atomic E-state index is -1.19. The van der Waals surface area contributed by atoms with Gasteiger partial charge in [0.05, 0.1) is 6.42 Å². The largest absolute Gasteiger partial charge is 0.462 e. The van der Waals surface area contributed by atoms with Crippen LogP contribution in [0.1, 0.15) is 45.4 Å². The predicted octanol–water partition coefficient (Wildman–Crippen LogP) is 2.77. The Kier molecular flexibility index (Phi) is 4.97. The molecule has 0 radical (unpaired) electrons. The van der Waals surface area contributed by atoms with Crippen LogP contribution in [-0.2, 0) is 9.53 Å². The molecule has 1 heterocycles. The second-order valence-electron chi connectivity index (χ2n) is 5.67. The van der Waals surface area contributed by atoms with Crippen molar-refractivity contribution in [1.29, 1.82) is 0 Å². The molecule has 1 N–H and O–H groups in total. The number of aliphatic hydroxyl groups excluding tert-OH is 1. The van der Waals surface area contributed by atoms with Crippen LogP contribution >= 0.6 is 0 Å². The van der Waals surface area contributed by atoms with Crippen LogP contribution in [0, 0.1) is 11.8 Å². The minimum absolute atomic E-state index is 0.0422. The maximum Gasteiger partial charge on any atom is 0.306 e. The number of hydrogen-bond donors (Lipinski definition) is 1. The summed E-state index contributed by atoms with van der Waals surface area (Å²) in [6, 6.07) is 0. The van der Waals surface area contributed by atoms with E-state index in [-0.39, 0.29) is 23.9 Å². The van der Waals surface area contributed by atoms with Crippen molar-refractivity contribution in [3.63, 3.8) is 0 Å². The molecule has 0 aromatic carbocycles. The maximum absolute atomic E-state index is 13.6. The Hall–Kier alpha value is -0.900. The Morgan fingerprint density at radius 2 is 2.32 bits per heavy atom. The van der Waals surface area contributed by atoms with Crippen molar-refractivity contribution in [3.8, 4) is 0 Å². The summed E-state index contributed by atoms with van der Waals surface area (Å²) in [5.41, 5.74) is 0. The molecule has 0 bridgehead atoms. The SMILES string of the molecule is CCCCC(F)C(O)/C=C/C1CCC2OC(=O)CC12. The number of halogens is 1. The van der Waals surface area contributed by atoms with Gasteiger partial charge >= 0.3 is 5.97 Å². The summed E-state index contributed by atoms with van der Waals surface area (Å²) >= 11 is 0. The van der Waals surface area contributed by atoms with Crippen molar-refractivity contribution in [3.05, 3.63) is 12.2 Å². The van der Waals surface area contributed by atoms with Gasteiger partial charge in [-0.1, -0.05) is 31.9 Å². The van der Waals surface area contributed by atoms with Crippen molar-refractivity contribution in [2.24, 2.45) is 11.8 Å². The molecule has 0 aromatic heterocycles. The highest BCUT2D eigenvalue weighted by Gasteiger charge is 2.43. The summed E-state index contributed by atoms with van der Waals surface area (Å²) in [4.78, 5) is 11.2. The fraction of sp³-hybridized carbons (Fsp3) is 0.800. The smallest absolute Gasteiger partial charge is 0.306 e. The maximum atomic E-state index is 13.6. The van der Waals surface area contributed by atoms with E-state index < -0.39 is 12.3 Å². The lowest BCUT2D eigenvalue weighted by molar-refractivity contribution is -0.141. The van der Waals surface area contributed by atoms with Gasteiger partial charge in [0, 0.05) is 5.92 Å². The van der Waals surface area contributed by atoms with Crippen molar-refractivity contribution in [1.82, 2.24) is 0 Å². The van der Waals surface area contributed by atoms with Crippen LogP contribution < -0.4 is 0 Å². The summed E-state index contributed by atoms with van der Waals surface area (Å²) in [7, 11) is 0. The molecule has 0 aromatic rings. The number of rotatable bonds is 6. The van der Waals surface area contributed by atoms with Crippen molar-refractivity contribution >= 4 is 5.97 Å². The molecule has 2 rings (SSSR count). The van der Waals surface area contributed by atoms with Gasteiger partial charge in [-0.3, -0.25) is 4.79 Å². The molecule has 2 aliphatic rings. The fourth-order valence-corrected chi connectivity index (χ4v) is 3.09. The molecule has 5 unspecified atom stereocenters. The predicted molar refractivity (Wildman–Crippen MR) is 70.3 cm³/mol. The molecule has 1 aliphatic carbocycles. The topological polar surface area (TPSA) is 46.5 Å². The summed E-state index contributed by atoms with van der Waals surface area (Å²) in [6.07, 6.45) is 5.72. The number of aliphatic hydroxyl groups is 1. The van der Waals surface area contributed by atoms with E-state index in [4.69, 9.17) is 4.74 Å². The summed E-state index contributed by atoms with van der Waals surface area (Å²) < 4.78 is 18.8. The van der Waals surface area contributed by atoms with Crippen LogP contribution in [0.3, 0.4) is 0 Å². The molecule has 5 atom stereocenters. The van der Waals surface area contributed by atoms with E-state index in [9.17, 15) is 14.3 Å². The number of ether oxygens (including phenoxy) is 1. The van der Waals surface area contributed by atoms with Gasteiger partial charge in [-0.05, 0) is 25.2 Å². The molecule has 108 valence electrons. The van der Waals surface area contributed by atoms with E-state index in [2.05, 4.69) is 0 Å². The molecule has 1 saturated carbocycles. The van der Waals surface area contributed by atoms with E-state index in [0.29, 0.717) is 12.8 Å². The Balaban J connectivity index is 1.83. The summed E-state index contributed by atoms with van der Waals surface area (Å²) in [5, 5.41) is 9.74. The molecular formula is C15H23FO3. The van der Waals surface area contributed by atoms with Crippen molar-refractivity contribution in [2.75, 3.05) is 0 Å².